The molecule has 3 heterocycles. The molecule has 6 nitrogen and oxygen atoms in total. The lowest BCUT2D eigenvalue weighted by Gasteiger charge is -2.38. The SMILES string of the molecule is Cc1nn(C)c(N2CCOCC2)c1CNC1CC(C)(C)Oc2ccc(F)cc21. The van der Waals surface area contributed by atoms with Crippen LogP contribution in [0.1, 0.15) is 43.1 Å². The Balaban J connectivity index is 1.59. The zero-order valence-corrected chi connectivity index (χ0v) is 17.1. The number of nitrogens with one attached hydrogen (secondary N) is 1. The van der Waals surface area contributed by atoms with Crippen molar-refractivity contribution in [2.45, 2.75) is 45.4 Å². The molecule has 28 heavy (non-hydrogen) atoms. The molecule has 2 aliphatic rings. The van der Waals surface area contributed by atoms with E-state index in [0.29, 0.717) is 6.54 Å². The second-order valence-electron chi connectivity index (χ2n) is 8.29. The van der Waals surface area contributed by atoms with Gasteiger partial charge in [0.1, 0.15) is 23.0 Å². The lowest BCUT2D eigenvalue weighted by Crippen LogP contribution is -2.40. The summed E-state index contributed by atoms with van der Waals surface area (Å²) in [6, 6.07) is 4.79. The summed E-state index contributed by atoms with van der Waals surface area (Å²) in [5, 5.41) is 8.30. The topological polar surface area (TPSA) is 51.5 Å². The number of morpholine rings is 1. The van der Waals surface area contributed by atoms with E-state index in [1.54, 1.807) is 12.1 Å². The van der Waals surface area contributed by atoms with E-state index in [-0.39, 0.29) is 17.5 Å². The van der Waals surface area contributed by atoms with Crippen molar-refractivity contribution in [2.75, 3.05) is 31.2 Å². The summed E-state index contributed by atoms with van der Waals surface area (Å²) in [6.45, 7) is 10.1. The first-order chi connectivity index (χ1) is 13.3. The third kappa shape index (κ3) is 3.73. The maximum atomic E-state index is 13.9. The van der Waals surface area contributed by atoms with Crippen molar-refractivity contribution in [2.24, 2.45) is 7.05 Å². The molecule has 0 amide bonds. The summed E-state index contributed by atoms with van der Waals surface area (Å²) in [7, 11) is 1.99. The Morgan fingerprint density at radius 3 is 2.79 bits per heavy atom. The van der Waals surface area contributed by atoms with E-state index in [0.717, 1.165) is 55.5 Å². The molecule has 1 N–H and O–H groups in total. The second kappa shape index (κ2) is 7.37. The van der Waals surface area contributed by atoms with E-state index < -0.39 is 0 Å². The van der Waals surface area contributed by atoms with Crippen LogP contribution >= 0.6 is 0 Å². The van der Waals surface area contributed by atoms with Gasteiger partial charge in [0.2, 0.25) is 0 Å². The van der Waals surface area contributed by atoms with Gasteiger partial charge in [-0.3, -0.25) is 4.68 Å². The van der Waals surface area contributed by atoms with Crippen LogP contribution in [-0.4, -0.2) is 41.7 Å². The molecule has 2 aromatic rings. The van der Waals surface area contributed by atoms with Crippen LogP contribution < -0.4 is 15.0 Å². The maximum absolute atomic E-state index is 13.9. The number of nitrogens with zero attached hydrogens (tertiary/aromatic N) is 3. The Labute approximate surface area is 165 Å². The number of hydrogen-bond acceptors (Lipinski definition) is 5. The normalized spacial score (nSPS) is 21.3. The number of anilines is 1. The van der Waals surface area contributed by atoms with Crippen molar-refractivity contribution in [3.63, 3.8) is 0 Å². The number of ether oxygens (including phenoxy) is 2. The molecule has 1 aromatic carbocycles. The van der Waals surface area contributed by atoms with Crippen LogP contribution in [0.4, 0.5) is 10.2 Å². The van der Waals surface area contributed by atoms with Crippen LogP contribution in [-0.2, 0) is 18.3 Å². The molecular weight excluding hydrogens is 359 g/mol. The highest BCUT2D eigenvalue weighted by molar-refractivity contribution is 5.50. The lowest BCUT2D eigenvalue weighted by atomic mass is 9.89. The fourth-order valence-corrected chi connectivity index (χ4v) is 4.30. The van der Waals surface area contributed by atoms with Gasteiger partial charge in [-0.15, -0.1) is 0 Å². The largest absolute Gasteiger partial charge is 0.487 e. The number of fused-ring (bicyclic) bond motifs is 1. The Hall–Kier alpha value is -2.12. The quantitative estimate of drug-likeness (QED) is 0.872. The van der Waals surface area contributed by atoms with E-state index in [1.807, 2.05) is 18.7 Å². The van der Waals surface area contributed by atoms with E-state index in [2.05, 4.69) is 29.2 Å². The van der Waals surface area contributed by atoms with Gasteiger partial charge >= 0.3 is 0 Å². The summed E-state index contributed by atoms with van der Waals surface area (Å²) >= 11 is 0. The molecule has 1 aromatic heterocycles. The first-order valence-electron chi connectivity index (χ1n) is 9.91. The molecule has 0 aliphatic carbocycles. The molecule has 0 saturated carbocycles. The fourth-order valence-electron chi connectivity index (χ4n) is 4.30. The van der Waals surface area contributed by atoms with Crippen molar-refractivity contribution in [1.82, 2.24) is 15.1 Å². The first-order valence-corrected chi connectivity index (χ1v) is 9.91. The predicted molar refractivity (Wildman–Crippen MR) is 106 cm³/mol. The molecule has 0 radical (unpaired) electrons. The van der Waals surface area contributed by atoms with Crippen molar-refractivity contribution < 1.29 is 13.9 Å². The number of aryl methyl sites for hydroxylation is 2. The van der Waals surface area contributed by atoms with Gasteiger partial charge in [-0.25, -0.2) is 4.39 Å². The van der Waals surface area contributed by atoms with Crippen molar-refractivity contribution >= 4 is 5.82 Å². The summed E-state index contributed by atoms with van der Waals surface area (Å²) < 4.78 is 27.4. The highest BCUT2D eigenvalue weighted by Gasteiger charge is 2.34. The van der Waals surface area contributed by atoms with Crippen LogP contribution in [0, 0.1) is 12.7 Å². The van der Waals surface area contributed by atoms with Crippen molar-refractivity contribution in [1.29, 1.82) is 0 Å². The van der Waals surface area contributed by atoms with Gasteiger partial charge in [-0.05, 0) is 39.0 Å². The predicted octanol–water partition coefficient (Wildman–Crippen LogP) is 3.10. The standard InChI is InChI=1S/C21H29FN4O2/c1-14-17(20(25(4)24-14)26-7-9-27-10-8-26)13-23-18-12-21(2,3)28-19-6-5-15(22)11-16(18)19/h5-6,11,18,23H,7-10,12-13H2,1-4H3. The highest BCUT2D eigenvalue weighted by atomic mass is 19.1. The molecule has 0 bridgehead atoms. The summed E-state index contributed by atoms with van der Waals surface area (Å²) in [5.74, 6) is 1.66. The fraction of sp³-hybridized carbons (Fsp3) is 0.571. The minimum atomic E-state index is -0.306. The Morgan fingerprint density at radius 2 is 2.04 bits per heavy atom. The molecule has 152 valence electrons. The van der Waals surface area contributed by atoms with E-state index in [4.69, 9.17) is 9.47 Å². The van der Waals surface area contributed by atoms with Gasteiger partial charge < -0.3 is 19.7 Å². The molecule has 7 heteroatoms. The smallest absolute Gasteiger partial charge is 0.131 e. The summed E-state index contributed by atoms with van der Waals surface area (Å²) in [6.07, 6.45) is 0.773. The zero-order chi connectivity index (χ0) is 19.9. The number of halogens is 1. The van der Waals surface area contributed by atoms with Gasteiger partial charge in [0.15, 0.2) is 0 Å². The molecule has 1 fully saturated rings. The van der Waals surface area contributed by atoms with E-state index >= 15 is 0 Å². The maximum Gasteiger partial charge on any atom is 0.131 e. The second-order valence-corrected chi connectivity index (χ2v) is 8.29. The van der Waals surface area contributed by atoms with Crippen LogP contribution in [0.15, 0.2) is 18.2 Å². The zero-order valence-electron chi connectivity index (χ0n) is 17.1. The van der Waals surface area contributed by atoms with Crippen LogP contribution in [0.25, 0.3) is 0 Å². The monoisotopic (exact) mass is 388 g/mol. The minimum Gasteiger partial charge on any atom is -0.487 e. The molecular formula is C21H29FN4O2. The van der Waals surface area contributed by atoms with Gasteiger partial charge in [-0.2, -0.15) is 5.10 Å². The number of aromatic nitrogens is 2. The third-order valence-electron chi connectivity index (χ3n) is 5.58. The highest BCUT2D eigenvalue weighted by Crippen LogP contribution is 2.40. The van der Waals surface area contributed by atoms with E-state index in [9.17, 15) is 4.39 Å². The van der Waals surface area contributed by atoms with Gasteiger partial charge in [-0.1, -0.05) is 0 Å². The summed E-state index contributed by atoms with van der Waals surface area (Å²) in [5.41, 5.74) is 2.78. The first kappa shape index (κ1) is 19.2. The van der Waals surface area contributed by atoms with Gasteiger partial charge in [0.05, 0.1) is 18.9 Å². The third-order valence-corrected chi connectivity index (χ3v) is 5.58. The average molecular weight is 388 g/mol. The molecule has 1 unspecified atom stereocenters. The number of hydrogen-bond donors (Lipinski definition) is 1. The van der Waals surface area contributed by atoms with Crippen LogP contribution in [0.2, 0.25) is 0 Å². The molecule has 1 atom stereocenters. The van der Waals surface area contributed by atoms with Crippen LogP contribution in [0.3, 0.4) is 0 Å². The number of benzene rings is 1. The van der Waals surface area contributed by atoms with Gasteiger partial charge in [0.25, 0.3) is 0 Å². The van der Waals surface area contributed by atoms with E-state index in [1.165, 1.54) is 11.6 Å². The minimum absolute atomic E-state index is 0.0200. The molecule has 4 rings (SSSR count). The lowest BCUT2D eigenvalue weighted by molar-refractivity contribution is 0.0654. The van der Waals surface area contributed by atoms with Crippen molar-refractivity contribution in [3.8, 4) is 5.75 Å². The van der Waals surface area contributed by atoms with Crippen molar-refractivity contribution in [3.05, 3.63) is 40.8 Å². The molecule has 1 saturated heterocycles. The van der Waals surface area contributed by atoms with Gasteiger partial charge in [0, 0.05) is 50.3 Å². The summed E-state index contributed by atoms with van der Waals surface area (Å²) in [4.78, 5) is 2.34. The average Bonchev–Trinajstić information content (AvgIpc) is 2.93. The Kier molecular flexibility index (Phi) is 5.05. The Morgan fingerprint density at radius 1 is 1.29 bits per heavy atom. The Bertz CT molecular complexity index is 858. The molecule has 2 aliphatic heterocycles. The number of rotatable bonds is 4. The van der Waals surface area contributed by atoms with Crippen LogP contribution in [0.5, 0.6) is 5.75 Å². The molecule has 0 spiro atoms.